The molecule has 26 heavy (non-hydrogen) atoms. The molecule has 1 aromatic heterocycles. The summed E-state index contributed by atoms with van der Waals surface area (Å²) in [6, 6.07) is 6.82. The van der Waals surface area contributed by atoms with E-state index in [0.717, 1.165) is 36.9 Å². The highest BCUT2D eigenvalue weighted by Crippen LogP contribution is 2.34. The number of aromatic amines is 1. The molecule has 0 fully saturated rings. The monoisotopic (exact) mass is 354 g/mol. The van der Waals surface area contributed by atoms with Crippen molar-refractivity contribution in [3.63, 3.8) is 0 Å². The van der Waals surface area contributed by atoms with Crippen molar-refractivity contribution in [1.82, 2.24) is 15.6 Å². The number of carbonyl (C=O) groups is 1. The highest BCUT2D eigenvalue weighted by atomic mass is 16.3. The molecule has 3 rings (SSSR count). The maximum atomic E-state index is 12.5. The summed E-state index contributed by atoms with van der Waals surface area (Å²) in [5, 5.41) is 20.9. The van der Waals surface area contributed by atoms with Crippen LogP contribution in [0.2, 0.25) is 0 Å². The van der Waals surface area contributed by atoms with Crippen molar-refractivity contribution in [3.8, 4) is 5.75 Å². The SMILES string of the molecule is CC(C)(C)C[C@H]1CCc2[nH]nc(C(=O)N/N=C\c3ccccc3O)c2C1. The fourth-order valence-electron chi connectivity index (χ4n) is 3.61. The first-order valence-electron chi connectivity index (χ1n) is 9.01. The molecule has 6 nitrogen and oxygen atoms in total. The summed E-state index contributed by atoms with van der Waals surface area (Å²) in [4.78, 5) is 12.5. The number of H-pyrrole nitrogens is 1. The van der Waals surface area contributed by atoms with Gasteiger partial charge in [-0.05, 0) is 49.1 Å². The number of amides is 1. The molecular formula is C20H26N4O2. The minimum absolute atomic E-state index is 0.118. The van der Waals surface area contributed by atoms with E-state index in [2.05, 4.69) is 41.5 Å². The van der Waals surface area contributed by atoms with Crippen LogP contribution in [0.25, 0.3) is 0 Å². The molecule has 0 aliphatic heterocycles. The molecule has 0 saturated heterocycles. The maximum absolute atomic E-state index is 12.5. The van der Waals surface area contributed by atoms with E-state index in [-0.39, 0.29) is 17.1 Å². The molecule has 1 atom stereocenters. The Kier molecular flexibility index (Phi) is 5.11. The van der Waals surface area contributed by atoms with Gasteiger partial charge in [-0.15, -0.1) is 0 Å². The summed E-state index contributed by atoms with van der Waals surface area (Å²) in [5.41, 5.74) is 5.83. The van der Waals surface area contributed by atoms with Crippen LogP contribution in [-0.2, 0) is 12.8 Å². The van der Waals surface area contributed by atoms with E-state index in [9.17, 15) is 9.90 Å². The minimum Gasteiger partial charge on any atom is -0.507 e. The van der Waals surface area contributed by atoms with Crippen LogP contribution in [0.4, 0.5) is 0 Å². The zero-order valence-electron chi connectivity index (χ0n) is 15.5. The molecule has 0 saturated carbocycles. The molecule has 1 heterocycles. The number of nitrogens with one attached hydrogen (secondary N) is 2. The fraction of sp³-hybridized carbons (Fsp3) is 0.450. The van der Waals surface area contributed by atoms with Gasteiger partial charge >= 0.3 is 0 Å². The Balaban J connectivity index is 1.68. The Hall–Kier alpha value is -2.63. The molecule has 0 unspecified atom stereocenters. The standard InChI is InChI=1S/C20H26N4O2/c1-20(2,3)11-13-8-9-16-15(10-13)18(23-22-16)19(26)24-21-12-14-6-4-5-7-17(14)25/h4-7,12-13,25H,8-11H2,1-3H3,(H,22,23)(H,24,26)/b21-12-/t13-/m0/s1. The first-order valence-corrected chi connectivity index (χ1v) is 9.01. The van der Waals surface area contributed by atoms with Crippen LogP contribution < -0.4 is 5.43 Å². The number of rotatable bonds is 4. The van der Waals surface area contributed by atoms with Gasteiger partial charge in [-0.2, -0.15) is 10.2 Å². The fourth-order valence-corrected chi connectivity index (χ4v) is 3.61. The smallest absolute Gasteiger partial charge is 0.292 e. The van der Waals surface area contributed by atoms with Crippen LogP contribution >= 0.6 is 0 Å². The Morgan fingerprint density at radius 1 is 1.42 bits per heavy atom. The van der Waals surface area contributed by atoms with Crippen molar-refractivity contribution in [2.75, 3.05) is 0 Å². The quantitative estimate of drug-likeness (QED) is 0.580. The third-order valence-corrected chi connectivity index (χ3v) is 4.67. The number of nitrogens with zero attached hydrogens (tertiary/aromatic N) is 2. The Labute approximate surface area is 153 Å². The molecular weight excluding hydrogens is 328 g/mol. The van der Waals surface area contributed by atoms with Crippen molar-refractivity contribution >= 4 is 12.1 Å². The topological polar surface area (TPSA) is 90.4 Å². The Bertz CT molecular complexity index is 817. The summed E-state index contributed by atoms with van der Waals surface area (Å²) in [6.45, 7) is 6.75. The van der Waals surface area contributed by atoms with E-state index in [1.807, 2.05) is 0 Å². The van der Waals surface area contributed by atoms with Crippen LogP contribution in [0.5, 0.6) is 5.75 Å². The molecule has 6 heteroatoms. The molecule has 1 aliphatic carbocycles. The van der Waals surface area contributed by atoms with Gasteiger partial charge in [0.2, 0.25) is 0 Å². The minimum atomic E-state index is -0.328. The zero-order valence-corrected chi connectivity index (χ0v) is 15.5. The van der Waals surface area contributed by atoms with Crippen molar-refractivity contribution in [1.29, 1.82) is 0 Å². The number of fused-ring (bicyclic) bond motifs is 1. The van der Waals surface area contributed by atoms with E-state index in [1.165, 1.54) is 6.21 Å². The summed E-state index contributed by atoms with van der Waals surface area (Å²) < 4.78 is 0. The van der Waals surface area contributed by atoms with Crippen LogP contribution in [0.3, 0.4) is 0 Å². The van der Waals surface area contributed by atoms with Gasteiger partial charge in [0.15, 0.2) is 5.69 Å². The number of aromatic hydroxyl groups is 1. The summed E-state index contributed by atoms with van der Waals surface area (Å²) in [7, 11) is 0. The van der Waals surface area contributed by atoms with Gasteiger partial charge in [0, 0.05) is 16.8 Å². The number of hydrogen-bond acceptors (Lipinski definition) is 4. The molecule has 1 aliphatic rings. The second kappa shape index (κ2) is 7.32. The molecule has 138 valence electrons. The van der Waals surface area contributed by atoms with Crippen molar-refractivity contribution < 1.29 is 9.90 Å². The summed E-state index contributed by atoms with van der Waals surface area (Å²) in [5.74, 6) is 0.356. The van der Waals surface area contributed by atoms with Gasteiger partial charge in [-0.3, -0.25) is 9.89 Å². The predicted octanol–water partition coefficient (Wildman–Crippen LogP) is 3.42. The number of aryl methyl sites for hydroxylation is 1. The van der Waals surface area contributed by atoms with E-state index in [4.69, 9.17) is 0 Å². The van der Waals surface area contributed by atoms with Gasteiger partial charge in [0.05, 0.1) is 6.21 Å². The number of phenols is 1. The highest BCUT2D eigenvalue weighted by molar-refractivity contribution is 5.95. The summed E-state index contributed by atoms with van der Waals surface area (Å²) >= 11 is 0. The van der Waals surface area contributed by atoms with Crippen LogP contribution in [0, 0.1) is 11.3 Å². The largest absolute Gasteiger partial charge is 0.507 e. The van der Waals surface area contributed by atoms with Crippen molar-refractivity contribution in [2.45, 2.75) is 46.5 Å². The second-order valence-corrected chi connectivity index (χ2v) is 8.16. The van der Waals surface area contributed by atoms with Crippen LogP contribution in [0.1, 0.15) is 60.9 Å². The van der Waals surface area contributed by atoms with Crippen LogP contribution in [0.15, 0.2) is 29.4 Å². The first kappa shape index (κ1) is 18.2. The lowest BCUT2D eigenvalue weighted by Crippen LogP contribution is -2.24. The average Bonchev–Trinajstić information content (AvgIpc) is 2.98. The number of hydrazone groups is 1. The van der Waals surface area contributed by atoms with Crippen LogP contribution in [-0.4, -0.2) is 27.4 Å². The normalized spacial score (nSPS) is 17.3. The van der Waals surface area contributed by atoms with Crippen molar-refractivity contribution in [3.05, 3.63) is 46.8 Å². The molecule has 3 N–H and O–H groups in total. The highest BCUT2D eigenvalue weighted by Gasteiger charge is 2.28. The molecule has 2 aromatic rings. The second-order valence-electron chi connectivity index (χ2n) is 8.16. The third-order valence-electron chi connectivity index (χ3n) is 4.67. The third kappa shape index (κ3) is 4.31. The number of benzene rings is 1. The average molecular weight is 354 g/mol. The lowest BCUT2D eigenvalue weighted by atomic mass is 9.76. The zero-order chi connectivity index (χ0) is 18.7. The van der Waals surface area contributed by atoms with E-state index in [0.29, 0.717) is 17.2 Å². The molecule has 1 aromatic carbocycles. The van der Waals surface area contributed by atoms with Gasteiger partial charge in [0.25, 0.3) is 5.91 Å². The van der Waals surface area contributed by atoms with Crippen molar-refractivity contribution in [2.24, 2.45) is 16.4 Å². The van der Waals surface area contributed by atoms with Gasteiger partial charge in [-0.1, -0.05) is 32.9 Å². The lowest BCUT2D eigenvalue weighted by Gasteiger charge is -2.28. The van der Waals surface area contributed by atoms with Gasteiger partial charge < -0.3 is 5.11 Å². The van der Waals surface area contributed by atoms with E-state index >= 15 is 0 Å². The number of carbonyl (C=O) groups excluding carboxylic acids is 1. The Morgan fingerprint density at radius 3 is 2.92 bits per heavy atom. The van der Waals surface area contributed by atoms with E-state index < -0.39 is 0 Å². The maximum Gasteiger partial charge on any atom is 0.292 e. The molecule has 0 bridgehead atoms. The number of hydrogen-bond donors (Lipinski definition) is 3. The van der Waals surface area contributed by atoms with Gasteiger partial charge in [0.1, 0.15) is 5.75 Å². The first-order chi connectivity index (χ1) is 12.3. The molecule has 1 amide bonds. The van der Waals surface area contributed by atoms with E-state index in [1.54, 1.807) is 24.3 Å². The number of aromatic nitrogens is 2. The molecule has 0 spiro atoms. The Morgan fingerprint density at radius 2 is 2.19 bits per heavy atom. The number of para-hydroxylation sites is 1. The molecule has 0 radical (unpaired) electrons. The summed E-state index contributed by atoms with van der Waals surface area (Å²) in [6.07, 6.45) is 5.48. The number of phenolic OH excluding ortho intramolecular Hbond substituents is 1. The van der Waals surface area contributed by atoms with Gasteiger partial charge in [-0.25, -0.2) is 5.43 Å². The predicted molar refractivity (Wildman–Crippen MR) is 101 cm³/mol. The lowest BCUT2D eigenvalue weighted by molar-refractivity contribution is 0.0948.